The largest absolute Gasteiger partial charge is 0.493 e. The normalized spacial score (nSPS) is 12.2. The summed E-state index contributed by atoms with van der Waals surface area (Å²) < 4.78 is 5.46. The highest BCUT2D eigenvalue weighted by Crippen LogP contribution is 2.32. The molecular formula is C13H19NO4S. The zero-order chi connectivity index (χ0) is 14.3. The van der Waals surface area contributed by atoms with Crippen LogP contribution in [0, 0.1) is 10.1 Å². The minimum atomic E-state index is -0.417. The van der Waals surface area contributed by atoms with Crippen LogP contribution in [0.1, 0.15) is 26.7 Å². The average Bonchev–Trinajstić information content (AvgIpc) is 2.36. The van der Waals surface area contributed by atoms with Gasteiger partial charge in [-0.15, -0.1) is 11.8 Å². The Morgan fingerprint density at radius 2 is 2.21 bits per heavy atom. The first-order valence-corrected chi connectivity index (χ1v) is 7.14. The zero-order valence-corrected chi connectivity index (χ0v) is 12.0. The van der Waals surface area contributed by atoms with Crippen LogP contribution in [0.5, 0.6) is 5.75 Å². The lowest BCUT2D eigenvalue weighted by Crippen LogP contribution is -2.00. The summed E-state index contributed by atoms with van der Waals surface area (Å²) in [5.74, 6) is 0.523. The Morgan fingerprint density at radius 3 is 2.79 bits per heavy atom. The topological polar surface area (TPSA) is 72.6 Å². The first-order chi connectivity index (χ1) is 9.06. The summed E-state index contributed by atoms with van der Waals surface area (Å²) in [4.78, 5) is 11.3. The molecule has 0 saturated carbocycles. The quantitative estimate of drug-likeness (QED) is 0.451. The van der Waals surface area contributed by atoms with Gasteiger partial charge in [0.05, 0.1) is 17.6 Å². The third-order valence-corrected chi connectivity index (χ3v) is 3.57. The fourth-order valence-corrected chi connectivity index (χ4v) is 2.57. The highest BCUT2D eigenvalue weighted by molar-refractivity contribution is 8.00. The molecule has 106 valence electrons. The Balaban J connectivity index is 2.89. The van der Waals surface area contributed by atoms with E-state index in [9.17, 15) is 10.1 Å². The van der Waals surface area contributed by atoms with E-state index in [0.717, 1.165) is 11.3 Å². The molecule has 0 aliphatic carbocycles. The maximum absolute atomic E-state index is 10.9. The van der Waals surface area contributed by atoms with Gasteiger partial charge < -0.3 is 9.84 Å². The van der Waals surface area contributed by atoms with Gasteiger partial charge in [-0.3, -0.25) is 10.1 Å². The van der Waals surface area contributed by atoms with Gasteiger partial charge in [0, 0.05) is 22.8 Å². The van der Waals surface area contributed by atoms with Crippen molar-refractivity contribution in [3.63, 3.8) is 0 Å². The van der Waals surface area contributed by atoms with Gasteiger partial charge in [-0.25, -0.2) is 0 Å². The minimum Gasteiger partial charge on any atom is -0.493 e. The third-order valence-electron chi connectivity index (χ3n) is 2.42. The van der Waals surface area contributed by atoms with Gasteiger partial charge in [0.25, 0.3) is 5.69 Å². The van der Waals surface area contributed by atoms with E-state index in [1.165, 1.54) is 23.9 Å². The molecule has 0 aliphatic heterocycles. The molecule has 0 radical (unpaired) electrons. The van der Waals surface area contributed by atoms with Gasteiger partial charge in [0.1, 0.15) is 5.75 Å². The first-order valence-electron chi connectivity index (χ1n) is 6.26. The summed E-state index contributed by atoms with van der Waals surface area (Å²) >= 11 is 1.50. The monoisotopic (exact) mass is 285 g/mol. The van der Waals surface area contributed by atoms with Crippen LogP contribution in [-0.2, 0) is 0 Å². The van der Waals surface area contributed by atoms with Gasteiger partial charge >= 0.3 is 0 Å². The highest BCUT2D eigenvalue weighted by Gasteiger charge is 2.13. The van der Waals surface area contributed by atoms with Crippen LogP contribution < -0.4 is 4.74 Å². The Kier molecular flexibility index (Phi) is 6.66. The molecule has 1 aromatic rings. The lowest BCUT2D eigenvalue weighted by molar-refractivity contribution is -0.385. The number of nitro benzene ring substituents is 1. The fraction of sp³-hybridized carbons (Fsp3) is 0.538. The van der Waals surface area contributed by atoms with Crippen LogP contribution in [0.2, 0.25) is 0 Å². The summed E-state index contributed by atoms with van der Waals surface area (Å²) in [6.07, 6.45) is 1.50. The van der Waals surface area contributed by atoms with Crippen molar-refractivity contribution < 1.29 is 14.8 Å². The van der Waals surface area contributed by atoms with Gasteiger partial charge in [-0.2, -0.15) is 0 Å². The van der Waals surface area contributed by atoms with Crippen LogP contribution in [0.4, 0.5) is 5.69 Å². The molecule has 1 N–H and O–H groups in total. The lowest BCUT2D eigenvalue weighted by Gasteiger charge is -2.11. The van der Waals surface area contributed by atoms with Crippen molar-refractivity contribution in [1.29, 1.82) is 0 Å². The molecule has 5 nitrogen and oxygen atoms in total. The molecule has 19 heavy (non-hydrogen) atoms. The van der Waals surface area contributed by atoms with Crippen LogP contribution in [-0.4, -0.2) is 28.5 Å². The Bertz CT molecular complexity index is 425. The number of nitro groups is 1. The van der Waals surface area contributed by atoms with Crippen LogP contribution in [0.3, 0.4) is 0 Å². The van der Waals surface area contributed by atoms with Crippen molar-refractivity contribution in [3.8, 4) is 5.75 Å². The van der Waals surface area contributed by atoms with Gasteiger partial charge in [-0.05, 0) is 18.9 Å². The SMILES string of the molecule is CCCOc1cc(SC(C)CCO)cc([N+](=O)[O-])c1. The second-order valence-electron chi connectivity index (χ2n) is 4.21. The van der Waals surface area contributed by atoms with E-state index in [4.69, 9.17) is 9.84 Å². The number of aliphatic hydroxyl groups is 1. The molecule has 0 spiro atoms. The maximum atomic E-state index is 10.9. The van der Waals surface area contributed by atoms with E-state index in [2.05, 4.69) is 0 Å². The molecule has 0 fully saturated rings. The fourth-order valence-electron chi connectivity index (χ4n) is 1.51. The third kappa shape index (κ3) is 5.48. The predicted octanol–water partition coefficient (Wildman–Crippen LogP) is 3.25. The van der Waals surface area contributed by atoms with Gasteiger partial charge in [-0.1, -0.05) is 13.8 Å². The molecule has 1 aromatic carbocycles. The molecular weight excluding hydrogens is 266 g/mol. The number of ether oxygens (including phenoxy) is 1. The summed E-state index contributed by atoms with van der Waals surface area (Å²) in [5.41, 5.74) is 0.0345. The van der Waals surface area contributed by atoms with Crippen molar-refractivity contribution in [2.75, 3.05) is 13.2 Å². The molecule has 0 amide bonds. The lowest BCUT2D eigenvalue weighted by atomic mass is 10.3. The Labute approximate surface area is 117 Å². The first kappa shape index (κ1) is 15.8. The van der Waals surface area contributed by atoms with Crippen molar-refractivity contribution in [2.24, 2.45) is 0 Å². The number of non-ortho nitro benzene ring substituents is 1. The molecule has 0 aliphatic rings. The Morgan fingerprint density at radius 1 is 1.47 bits per heavy atom. The number of hydrogen-bond donors (Lipinski definition) is 1. The van der Waals surface area contributed by atoms with E-state index < -0.39 is 4.92 Å². The van der Waals surface area contributed by atoms with Crippen LogP contribution in [0.15, 0.2) is 23.1 Å². The molecule has 0 bridgehead atoms. The predicted molar refractivity (Wildman–Crippen MR) is 75.9 cm³/mol. The standard InChI is InChI=1S/C13H19NO4S/c1-3-6-18-12-7-11(14(16)17)8-13(9-12)19-10(2)4-5-15/h7-10,15H,3-6H2,1-2H3. The number of rotatable bonds is 8. The Hall–Kier alpha value is -1.27. The second kappa shape index (κ2) is 8.01. The molecule has 0 heterocycles. The van der Waals surface area contributed by atoms with Gasteiger partial charge in [0.15, 0.2) is 0 Å². The molecule has 1 unspecified atom stereocenters. The summed E-state index contributed by atoms with van der Waals surface area (Å²) in [5, 5.41) is 20.0. The average molecular weight is 285 g/mol. The number of aliphatic hydroxyl groups excluding tert-OH is 1. The van der Waals surface area contributed by atoms with Crippen LogP contribution in [0.25, 0.3) is 0 Å². The van der Waals surface area contributed by atoms with E-state index in [-0.39, 0.29) is 17.5 Å². The van der Waals surface area contributed by atoms with Crippen molar-refractivity contribution >= 4 is 17.4 Å². The summed E-state index contributed by atoms with van der Waals surface area (Å²) in [6.45, 7) is 4.61. The number of thioether (sulfide) groups is 1. The highest BCUT2D eigenvalue weighted by atomic mass is 32.2. The molecule has 0 saturated heterocycles. The van der Waals surface area contributed by atoms with Gasteiger partial charge in [0.2, 0.25) is 0 Å². The summed E-state index contributed by atoms with van der Waals surface area (Å²) in [7, 11) is 0. The second-order valence-corrected chi connectivity index (χ2v) is 5.72. The molecule has 0 aromatic heterocycles. The maximum Gasteiger partial charge on any atom is 0.274 e. The minimum absolute atomic E-state index is 0.0345. The zero-order valence-electron chi connectivity index (χ0n) is 11.2. The molecule has 6 heteroatoms. The van der Waals surface area contributed by atoms with E-state index in [1.807, 2.05) is 13.8 Å². The molecule has 1 rings (SSSR count). The van der Waals surface area contributed by atoms with E-state index in [1.54, 1.807) is 6.07 Å². The number of nitrogens with zero attached hydrogens (tertiary/aromatic N) is 1. The van der Waals surface area contributed by atoms with Crippen molar-refractivity contribution in [3.05, 3.63) is 28.3 Å². The van der Waals surface area contributed by atoms with E-state index in [0.29, 0.717) is 18.8 Å². The van der Waals surface area contributed by atoms with Crippen LogP contribution >= 0.6 is 11.8 Å². The smallest absolute Gasteiger partial charge is 0.274 e. The number of hydrogen-bond acceptors (Lipinski definition) is 5. The number of benzene rings is 1. The van der Waals surface area contributed by atoms with Crippen molar-refractivity contribution in [1.82, 2.24) is 0 Å². The molecule has 1 atom stereocenters. The van der Waals surface area contributed by atoms with Crippen molar-refractivity contribution in [2.45, 2.75) is 36.8 Å². The summed E-state index contributed by atoms with van der Waals surface area (Å²) in [6, 6.07) is 4.79. The van der Waals surface area contributed by atoms with E-state index >= 15 is 0 Å².